The molecule has 3 rings (SSSR count). The van der Waals surface area contributed by atoms with Crippen LogP contribution in [0.4, 0.5) is 0 Å². The number of ether oxygens (including phenoxy) is 1. The van der Waals surface area contributed by atoms with Crippen LogP contribution in [0.5, 0.6) is 11.5 Å². The van der Waals surface area contributed by atoms with Crippen molar-refractivity contribution in [1.29, 1.82) is 0 Å². The van der Waals surface area contributed by atoms with Crippen LogP contribution in [0.15, 0.2) is 49.1 Å². The topological polar surface area (TPSA) is 80.7 Å². The highest BCUT2D eigenvalue weighted by Crippen LogP contribution is 2.38. The number of carbonyl (C=O) groups excluding carboxylic acids is 3. The predicted molar refractivity (Wildman–Crippen MR) is 77.2 cm³/mol. The van der Waals surface area contributed by atoms with Gasteiger partial charge in [0, 0.05) is 22.8 Å². The van der Waals surface area contributed by atoms with Crippen LogP contribution in [0.25, 0.3) is 0 Å². The van der Waals surface area contributed by atoms with Crippen molar-refractivity contribution in [3.8, 4) is 11.5 Å². The fourth-order valence-corrected chi connectivity index (χ4v) is 2.38. The molecule has 0 amide bonds. The number of ketones is 2. The molecule has 22 heavy (non-hydrogen) atoms. The number of hydrogen-bond acceptors (Lipinski definition) is 5. The Hall–Kier alpha value is -3.21. The molecule has 0 saturated carbocycles. The van der Waals surface area contributed by atoms with E-state index in [1.54, 1.807) is 18.2 Å². The molecule has 0 unspecified atom stereocenters. The summed E-state index contributed by atoms with van der Waals surface area (Å²) in [7, 11) is 0. The van der Waals surface area contributed by atoms with Crippen molar-refractivity contribution in [2.45, 2.75) is 0 Å². The molecule has 2 aromatic carbocycles. The Balaban J connectivity index is 2.19. The molecule has 0 aromatic heterocycles. The van der Waals surface area contributed by atoms with E-state index in [1.165, 1.54) is 18.2 Å². The maximum Gasteiger partial charge on any atom is 0.335 e. The molecular weight excluding hydrogens is 284 g/mol. The van der Waals surface area contributed by atoms with Crippen molar-refractivity contribution in [1.82, 2.24) is 0 Å². The van der Waals surface area contributed by atoms with Gasteiger partial charge in [-0.15, -0.1) is 0 Å². The van der Waals surface area contributed by atoms with E-state index in [4.69, 9.17) is 4.74 Å². The monoisotopic (exact) mass is 294 g/mol. The van der Waals surface area contributed by atoms with E-state index in [9.17, 15) is 19.5 Å². The minimum Gasteiger partial charge on any atom is -0.504 e. The Kier molecular flexibility index (Phi) is 3.10. The van der Waals surface area contributed by atoms with Crippen molar-refractivity contribution in [3.05, 3.63) is 71.3 Å². The number of aromatic hydroxyl groups is 1. The van der Waals surface area contributed by atoms with Crippen molar-refractivity contribution in [2.24, 2.45) is 0 Å². The summed E-state index contributed by atoms with van der Waals surface area (Å²) in [6, 6.07) is 9.00. The minimum atomic E-state index is -0.773. The highest BCUT2D eigenvalue weighted by atomic mass is 16.5. The Bertz CT molecular complexity index is 848. The van der Waals surface area contributed by atoms with Crippen LogP contribution in [0, 0.1) is 0 Å². The van der Waals surface area contributed by atoms with E-state index >= 15 is 0 Å². The van der Waals surface area contributed by atoms with Gasteiger partial charge in [0.2, 0.25) is 0 Å². The van der Waals surface area contributed by atoms with Crippen LogP contribution >= 0.6 is 0 Å². The molecule has 0 spiro atoms. The molecule has 0 fully saturated rings. The Morgan fingerprint density at radius 3 is 2.27 bits per heavy atom. The van der Waals surface area contributed by atoms with Gasteiger partial charge in [-0.3, -0.25) is 9.59 Å². The zero-order chi connectivity index (χ0) is 15.9. The summed E-state index contributed by atoms with van der Waals surface area (Å²) in [6.07, 6.45) is 0.932. The lowest BCUT2D eigenvalue weighted by Gasteiger charge is -2.19. The van der Waals surface area contributed by atoms with Gasteiger partial charge in [0.1, 0.15) is 0 Å². The molecule has 2 aromatic rings. The first-order chi connectivity index (χ1) is 10.5. The Morgan fingerprint density at radius 2 is 1.64 bits per heavy atom. The van der Waals surface area contributed by atoms with Gasteiger partial charge in [0.05, 0.1) is 5.56 Å². The molecule has 5 heteroatoms. The van der Waals surface area contributed by atoms with Crippen LogP contribution in [0.1, 0.15) is 31.8 Å². The van der Waals surface area contributed by atoms with Crippen LogP contribution in [-0.2, 0) is 4.79 Å². The standard InChI is InChI=1S/C17H10O5/c1-2-13(18)22-12-8-7-11-14(17(12)21)16(20)10-6-4-3-5-9(10)15(11)19/h2-8,21H,1H2. The zero-order valence-corrected chi connectivity index (χ0v) is 11.3. The fraction of sp³-hybridized carbons (Fsp3) is 0. The third-order valence-corrected chi connectivity index (χ3v) is 3.41. The molecule has 0 saturated heterocycles. The van der Waals surface area contributed by atoms with E-state index in [1.807, 2.05) is 0 Å². The number of phenolic OH excluding ortho intramolecular Hbond substituents is 1. The summed E-state index contributed by atoms with van der Waals surface area (Å²) in [4.78, 5) is 36.2. The fourth-order valence-electron chi connectivity index (χ4n) is 2.38. The molecule has 0 aliphatic heterocycles. The lowest BCUT2D eigenvalue weighted by Crippen LogP contribution is -2.21. The van der Waals surface area contributed by atoms with Gasteiger partial charge in [-0.2, -0.15) is 0 Å². The summed E-state index contributed by atoms with van der Waals surface area (Å²) < 4.78 is 4.86. The lowest BCUT2D eigenvalue weighted by molar-refractivity contribution is -0.129. The van der Waals surface area contributed by atoms with Crippen molar-refractivity contribution < 1.29 is 24.2 Å². The molecule has 1 N–H and O–H groups in total. The molecule has 0 heterocycles. The first kappa shape index (κ1) is 13.8. The van der Waals surface area contributed by atoms with Crippen LogP contribution in [0.3, 0.4) is 0 Å². The van der Waals surface area contributed by atoms with Gasteiger partial charge in [0.15, 0.2) is 23.1 Å². The van der Waals surface area contributed by atoms with Crippen molar-refractivity contribution in [2.75, 3.05) is 0 Å². The van der Waals surface area contributed by atoms with Crippen LogP contribution in [-0.4, -0.2) is 22.6 Å². The number of phenols is 1. The number of rotatable bonds is 2. The maximum atomic E-state index is 12.5. The highest BCUT2D eigenvalue weighted by Gasteiger charge is 2.33. The van der Waals surface area contributed by atoms with E-state index in [0.717, 1.165) is 6.08 Å². The number of esters is 1. The van der Waals surface area contributed by atoms with E-state index in [-0.39, 0.29) is 33.8 Å². The number of hydrogen-bond donors (Lipinski definition) is 1. The highest BCUT2D eigenvalue weighted by molar-refractivity contribution is 6.29. The molecular formula is C17H10O5. The molecule has 0 radical (unpaired) electrons. The van der Waals surface area contributed by atoms with E-state index in [0.29, 0.717) is 0 Å². The SMILES string of the molecule is C=CC(=O)Oc1ccc2c(c1O)C(=O)c1ccccc1C2=O. The van der Waals surface area contributed by atoms with Crippen LogP contribution in [0.2, 0.25) is 0 Å². The van der Waals surface area contributed by atoms with Gasteiger partial charge in [-0.05, 0) is 12.1 Å². The van der Waals surface area contributed by atoms with Gasteiger partial charge in [-0.1, -0.05) is 30.8 Å². The maximum absolute atomic E-state index is 12.5. The lowest BCUT2D eigenvalue weighted by atomic mass is 9.83. The first-order valence-corrected chi connectivity index (χ1v) is 6.43. The van der Waals surface area contributed by atoms with E-state index in [2.05, 4.69) is 6.58 Å². The second kappa shape index (κ2) is 4.96. The predicted octanol–water partition coefficient (Wildman–Crippen LogP) is 2.26. The third kappa shape index (κ3) is 1.91. The van der Waals surface area contributed by atoms with Crippen molar-refractivity contribution in [3.63, 3.8) is 0 Å². The summed E-state index contributed by atoms with van der Waals surface area (Å²) in [5.41, 5.74) is 0.426. The van der Waals surface area contributed by atoms with Gasteiger partial charge >= 0.3 is 5.97 Å². The molecule has 0 bridgehead atoms. The number of fused-ring (bicyclic) bond motifs is 2. The average molecular weight is 294 g/mol. The van der Waals surface area contributed by atoms with E-state index < -0.39 is 17.5 Å². The minimum absolute atomic E-state index is 0.0830. The first-order valence-electron chi connectivity index (χ1n) is 6.43. The summed E-state index contributed by atoms with van der Waals surface area (Å²) in [5, 5.41) is 10.2. The zero-order valence-electron chi connectivity index (χ0n) is 11.3. The van der Waals surface area contributed by atoms with Gasteiger partial charge in [-0.25, -0.2) is 4.79 Å². The Labute approximate surface area is 125 Å². The van der Waals surface area contributed by atoms with Gasteiger partial charge in [0.25, 0.3) is 0 Å². The normalized spacial score (nSPS) is 12.4. The molecule has 108 valence electrons. The Morgan fingerprint density at radius 1 is 1.00 bits per heavy atom. The number of benzene rings is 2. The quantitative estimate of drug-likeness (QED) is 0.445. The largest absolute Gasteiger partial charge is 0.504 e. The smallest absolute Gasteiger partial charge is 0.335 e. The second-order valence-electron chi connectivity index (χ2n) is 4.66. The molecule has 1 aliphatic rings. The number of carbonyl (C=O) groups is 3. The second-order valence-corrected chi connectivity index (χ2v) is 4.66. The summed E-state index contributed by atoms with van der Waals surface area (Å²) in [5.74, 6) is -2.34. The summed E-state index contributed by atoms with van der Waals surface area (Å²) in [6.45, 7) is 3.25. The molecule has 0 atom stereocenters. The average Bonchev–Trinajstić information content (AvgIpc) is 2.54. The molecule has 1 aliphatic carbocycles. The molecule has 5 nitrogen and oxygen atoms in total. The van der Waals surface area contributed by atoms with Gasteiger partial charge < -0.3 is 9.84 Å². The van der Waals surface area contributed by atoms with Crippen LogP contribution < -0.4 is 4.74 Å². The van der Waals surface area contributed by atoms with Crippen molar-refractivity contribution >= 4 is 17.5 Å². The summed E-state index contributed by atoms with van der Waals surface area (Å²) >= 11 is 0. The third-order valence-electron chi connectivity index (χ3n) is 3.41.